The summed E-state index contributed by atoms with van der Waals surface area (Å²) in [5.41, 5.74) is 11.3. The lowest BCUT2D eigenvalue weighted by Crippen LogP contribution is -2.36. The zero-order chi connectivity index (χ0) is 13.1. The maximum absolute atomic E-state index is 6.08. The van der Waals surface area contributed by atoms with E-state index in [9.17, 15) is 0 Å². The van der Waals surface area contributed by atoms with Crippen LogP contribution in [0.15, 0.2) is 35.0 Å². The van der Waals surface area contributed by atoms with Crippen molar-refractivity contribution in [2.45, 2.75) is 31.7 Å². The van der Waals surface area contributed by atoms with Gasteiger partial charge in [0.2, 0.25) is 0 Å². The Bertz CT molecular complexity index is 534. The molecule has 19 heavy (non-hydrogen) atoms. The van der Waals surface area contributed by atoms with E-state index in [1.54, 1.807) is 11.3 Å². The largest absolute Gasteiger partial charge is 0.398 e. The molecule has 1 aromatic heterocycles. The van der Waals surface area contributed by atoms with Gasteiger partial charge in [-0.1, -0.05) is 12.1 Å². The van der Waals surface area contributed by atoms with Gasteiger partial charge < -0.3 is 11.1 Å². The first kappa shape index (κ1) is 12.7. The van der Waals surface area contributed by atoms with Crippen molar-refractivity contribution in [1.29, 1.82) is 0 Å². The minimum Gasteiger partial charge on any atom is -0.398 e. The maximum atomic E-state index is 6.08. The molecule has 1 atom stereocenters. The number of nitrogens with one attached hydrogen (secondary N) is 1. The van der Waals surface area contributed by atoms with Crippen LogP contribution in [0.4, 0.5) is 5.69 Å². The summed E-state index contributed by atoms with van der Waals surface area (Å²) in [4.78, 5) is 0. The van der Waals surface area contributed by atoms with E-state index in [4.69, 9.17) is 5.73 Å². The normalized spacial score (nSPS) is 18.2. The predicted molar refractivity (Wildman–Crippen MR) is 82.7 cm³/mol. The molecule has 0 aliphatic heterocycles. The number of anilines is 1. The van der Waals surface area contributed by atoms with Crippen molar-refractivity contribution in [2.75, 3.05) is 12.3 Å². The van der Waals surface area contributed by atoms with E-state index < -0.39 is 0 Å². The van der Waals surface area contributed by atoms with Gasteiger partial charge in [0.25, 0.3) is 0 Å². The fraction of sp³-hybridized carbons (Fsp3) is 0.375. The summed E-state index contributed by atoms with van der Waals surface area (Å²) in [5, 5.41) is 8.05. The Balaban J connectivity index is 1.55. The molecule has 0 fully saturated rings. The Kier molecular flexibility index (Phi) is 3.85. The van der Waals surface area contributed by atoms with E-state index in [1.807, 2.05) is 6.07 Å². The minimum atomic E-state index is 0.579. The summed E-state index contributed by atoms with van der Waals surface area (Å²) < 4.78 is 0. The van der Waals surface area contributed by atoms with Crippen LogP contribution in [0.3, 0.4) is 0 Å². The Labute approximate surface area is 118 Å². The first-order chi connectivity index (χ1) is 9.33. The molecule has 0 spiro atoms. The van der Waals surface area contributed by atoms with Gasteiger partial charge in [0.05, 0.1) is 0 Å². The smallest absolute Gasteiger partial charge is 0.0349 e. The fourth-order valence-corrected chi connectivity index (χ4v) is 3.55. The maximum Gasteiger partial charge on any atom is 0.0349 e. The highest BCUT2D eigenvalue weighted by molar-refractivity contribution is 7.07. The summed E-state index contributed by atoms with van der Waals surface area (Å²) in [7, 11) is 0. The fourth-order valence-electron chi connectivity index (χ4n) is 2.85. The van der Waals surface area contributed by atoms with Gasteiger partial charge in [-0.15, -0.1) is 0 Å². The molecule has 1 heterocycles. The molecule has 100 valence electrons. The second-order valence-corrected chi connectivity index (χ2v) is 6.04. The Hall–Kier alpha value is -1.32. The number of aryl methyl sites for hydroxylation is 1. The Morgan fingerprint density at radius 1 is 1.32 bits per heavy atom. The molecular weight excluding hydrogens is 252 g/mol. The summed E-state index contributed by atoms with van der Waals surface area (Å²) in [5.74, 6) is 0. The summed E-state index contributed by atoms with van der Waals surface area (Å²) >= 11 is 1.77. The van der Waals surface area contributed by atoms with Crippen LogP contribution in [0.1, 0.15) is 23.1 Å². The molecule has 0 bridgehead atoms. The molecule has 1 aliphatic rings. The van der Waals surface area contributed by atoms with Gasteiger partial charge >= 0.3 is 0 Å². The number of hydrogen-bond donors (Lipinski definition) is 2. The highest BCUT2D eigenvalue weighted by atomic mass is 32.1. The molecule has 0 radical (unpaired) electrons. The van der Waals surface area contributed by atoms with Crippen molar-refractivity contribution in [3.8, 4) is 0 Å². The monoisotopic (exact) mass is 272 g/mol. The predicted octanol–water partition coefficient (Wildman–Crippen LogP) is 3.02. The summed E-state index contributed by atoms with van der Waals surface area (Å²) in [6.45, 7) is 1.06. The molecule has 3 rings (SSSR count). The lowest BCUT2D eigenvalue weighted by Gasteiger charge is -2.26. The average molecular weight is 272 g/mol. The second kappa shape index (κ2) is 5.76. The Morgan fingerprint density at radius 2 is 2.26 bits per heavy atom. The third-order valence-electron chi connectivity index (χ3n) is 3.95. The van der Waals surface area contributed by atoms with E-state index in [0.29, 0.717) is 6.04 Å². The van der Waals surface area contributed by atoms with Crippen LogP contribution in [0.5, 0.6) is 0 Å². The number of hydrogen-bond acceptors (Lipinski definition) is 3. The van der Waals surface area contributed by atoms with Gasteiger partial charge in [0.1, 0.15) is 0 Å². The van der Waals surface area contributed by atoms with E-state index in [-0.39, 0.29) is 0 Å². The molecule has 0 amide bonds. The highest BCUT2D eigenvalue weighted by Crippen LogP contribution is 2.26. The van der Waals surface area contributed by atoms with Crippen molar-refractivity contribution in [3.05, 3.63) is 51.7 Å². The highest BCUT2D eigenvalue weighted by Gasteiger charge is 2.19. The third kappa shape index (κ3) is 2.99. The number of thiophene rings is 1. The lowest BCUT2D eigenvalue weighted by atomic mass is 9.87. The van der Waals surface area contributed by atoms with E-state index in [0.717, 1.165) is 31.5 Å². The summed E-state index contributed by atoms with van der Waals surface area (Å²) in [6, 6.07) is 9.09. The molecule has 1 unspecified atom stereocenters. The van der Waals surface area contributed by atoms with Gasteiger partial charge in [0, 0.05) is 11.7 Å². The molecule has 3 heteroatoms. The van der Waals surface area contributed by atoms with Crippen molar-refractivity contribution in [3.63, 3.8) is 0 Å². The number of fused-ring (bicyclic) bond motifs is 1. The molecule has 0 saturated heterocycles. The third-order valence-corrected chi connectivity index (χ3v) is 4.68. The molecule has 1 aliphatic carbocycles. The van der Waals surface area contributed by atoms with Crippen LogP contribution >= 0.6 is 11.3 Å². The quantitative estimate of drug-likeness (QED) is 0.840. The number of benzene rings is 1. The first-order valence-corrected chi connectivity index (χ1v) is 7.88. The van der Waals surface area contributed by atoms with Crippen molar-refractivity contribution < 1.29 is 0 Å². The SMILES string of the molecule is Nc1cccc2c1CC(NCCc1ccsc1)CC2. The zero-order valence-electron chi connectivity index (χ0n) is 11.1. The minimum absolute atomic E-state index is 0.579. The molecule has 0 saturated carbocycles. The van der Waals surface area contributed by atoms with E-state index >= 15 is 0 Å². The van der Waals surface area contributed by atoms with Gasteiger partial charge in [-0.05, 0) is 71.8 Å². The van der Waals surface area contributed by atoms with Crippen molar-refractivity contribution >= 4 is 17.0 Å². The molecule has 3 N–H and O–H groups in total. The van der Waals surface area contributed by atoms with Gasteiger partial charge in [0.15, 0.2) is 0 Å². The van der Waals surface area contributed by atoms with Crippen LogP contribution in [-0.4, -0.2) is 12.6 Å². The van der Waals surface area contributed by atoms with Gasteiger partial charge in [-0.2, -0.15) is 11.3 Å². The Morgan fingerprint density at radius 3 is 3.11 bits per heavy atom. The molecule has 2 aromatic rings. The molecule has 2 nitrogen and oxygen atoms in total. The van der Waals surface area contributed by atoms with Crippen LogP contribution in [-0.2, 0) is 19.3 Å². The lowest BCUT2D eigenvalue weighted by molar-refractivity contribution is 0.462. The second-order valence-electron chi connectivity index (χ2n) is 5.26. The van der Waals surface area contributed by atoms with Crippen LogP contribution < -0.4 is 11.1 Å². The number of nitrogens with two attached hydrogens (primary N) is 1. The van der Waals surface area contributed by atoms with Gasteiger partial charge in [-0.3, -0.25) is 0 Å². The molecule has 1 aromatic carbocycles. The van der Waals surface area contributed by atoms with Crippen LogP contribution in [0.2, 0.25) is 0 Å². The first-order valence-electron chi connectivity index (χ1n) is 6.93. The average Bonchev–Trinajstić information content (AvgIpc) is 2.93. The van der Waals surface area contributed by atoms with Crippen LogP contribution in [0.25, 0.3) is 0 Å². The van der Waals surface area contributed by atoms with Crippen molar-refractivity contribution in [2.24, 2.45) is 0 Å². The zero-order valence-corrected chi connectivity index (χ0v) is 11.9. The molecular formula is C16H20N2S. The number of nitrogen functional groups attached to an aromatic ring is 1. The van der Waals surface area contributed by atoms with E-state index in [1.165, 1.54) is 23.1 Å². The number of rotatable bonds is 4. The van der Waals surface area contributed by atoms with Gasteiger partial charge in [-0.25, -0.2) is 0 Å². The van der Waals surface area contributed by atoms with Crippen molar-refractivity contribution in [1.82, 2.24) is 5.32 Å². The van der Waals surface area contributed by atoms with E-state index in [2.05, 4.69) is 34.3 Å². The summed E-state index contributed by atoms with van der Waals surface area (Å²) in [6.07, 6.45) is 4.57. The topological polar surface area (TPSA) is 38.0 Å². The standard InChI is InChI=1S/C16H20N2S/c17-16-3-1-2-13-4-5-14(10-15(13)16)18-8-6-12-7-9-19-11-12/h1-3,7,9,11,14,18H,4-6,8,10,17H2. The van der Waals surface area contributed by atoms with Crippen LogP contribution in [0, 0.1) is 0 Å².